The minimum absolute atomic E-state index is 0. The van der Waals surface area contributed by atoms with Gasteiger partial charge in [-0.1, -0.05) is 13.8 Å². The minimum Gasteiger partial charge on any atom is -0.351 e. The molecule has 11 heteroatoms. The van der Waals surface area contributed by atoms with Crippen LogP contribution < -0.4 is 16.2 Å². The molecule has 2 amide bonds. The number of hydrogen-bond donors (Lipinski definition) is 3. The number of halogens is 1. The van der Waals surface area contributed by atoms with Crippen molar-refractivity contribution in [1.82, 2.24) is 29.7 Å². The van der Waals surface area contributed by atoms with Gasteiger partial charge in [-0.2, -0.15) is 0 Å². The van der Waals surface area contributed by atoms with E-state index in [4.69, 9.17) is 0 Å². The number of likely N-dealkylation sites (N-methyl/N-ethyl adjacent to an activating group) is 1. The summed E-state index contributed by atoms with van der Waals surface area (Å²) in [5.74, 6) is -0.331. The number of benzene rings is 1. The smallest absolute Gasteiger partial charge is 0.278 e. The molecule has 0 spiro atoms. The van der Waals surface area contributed by atoms with E-state index in [1.165, 1.54) is 12.7 Å². The van der Waals surface area contributed by atoms with E-state index in [0.29, 0.717) is 30.0 Å². The first kappa shape index (κ1) is 25.0. The molecule has 1 aromatic carbocycles. The third kappa shape index (κ3) is 6.38. The van der Waals surface area contributed by atoms with Crippen LogP contribution in [0.25, 0.3) is 11.2 Å². The van der Waals surface area contributed by atoms with Crippen molar-refractivity contribution in [2.75, 3.05) is 31.5 Å². The Morgan fingerprint density at radius 2 is 1.84 bits per heavy atom. The van der Waals surface area contributed by atoms with Gasteiger partial charge in [0.15, 0.2) is 11.2 Å². The summed E-state index contributed by atoms with van der Waals surface area (Å²) < 4.78 is 1.66. The normalized spacial score (nSPS) is 10.7. The third-order valence-corrected chi connectivity index (χ3v) is 5.03. The van der Waals surface area contributed by atoms with Crippen molar-refractivity contribution in [3.8, 4) is 0 Å². The zero-order chi connectivity index (χ0) is 22.2. The van der Waals surface area contributed by atoms with Gasteiger partial charge in [0.1, 0.15) is 0 Å². The number of rotatable bonds is 10. The van der Waals surface area contributed by atoms with Crippen LogP contribution >= 0.6 is 12.4 Å². The van der Waals surface area contributed by atoms with Crippen molar-refractivity contribution in [2.45, 2.75) is 26.8 Å². The highest BCUT2D eigenvalue weighted by molar-refractivity contribution is 5.95. The Hall–Kier alpha value is -3.24. The number of nitrogens with zero attached hydrogens (tertiary/aromatic N) is 4. The second kappa shape index (κ2) is 12.0. The van der Waals surface area contributed by atoms with Crippen molar-refractivity contribution in [3.05, 3.63) is 52.8 Å². The van der Waals surface area contributed by atoms with Gasteiger partial charge in [0.25, 0.3) is 11.5 Å². The summed E-state index contributed by atoms with van der Waals surface area (Å²) in [6.07, 6.45) is 2.99. The molecule has 0 radical (unpaired) electrons. The molecule has 0 bridgehead atoms. The van der Waals surface area contributed by atoms with Gasteiger partial charge in [-0.25, -0.2) is 9.97 Å². The van der Waals surface area contributed by atoms with Crippen molar-refractivity contribution >= 4 is 41.1 Å². The van der Waals surface area contributed by atoms with Crippen molar-refractivity contribution in [2.24, 2.45) is 0 Å². The van der Waals surface area contributed by atoms with Crippen LogP contribution in [0.3, 0.4) is 0 Å². The summed E-state index contributed by atoms with van der Waals surface area (Å²) in [6, 6.07) is 6.76. The first-order valence-corrected chi connectivity index (χ1v) is 10.3. The van der Waals surface area contributed by atoms with Gasteiger partial charge in [0.2, 0.25) is 5.91 Å². The molecule has 10 nitrogen and oxygen atoms in total. The van der Waals surface area contributed by atoms with E-state index in [1.54, 1.807) is 28.8 Å². The molecule has 3 rings (SSSR count). The van der Waals surface area contributed by atoms with E-state index >= 15 is 0 Å². The number of fused-ring (bicyclic) bond motifs is 1. The van der Waals surface area contributed by atoms with E-state index in [2.05, 4.69) is 44.3 Å². The van der Waals surface area contributed by atoms with Crippen LogP contribution in [0.5, 0.6) is 0 Å². The highest BCUT2D eigenvalue weighted by atomic mass is 35.5. The number of carbonyl (C=O) groups is 2. The predicted octanol–water partition coefficient (Wildman–Crippen LogP) is 1.64. The summed E-state index contributed by atoms with van der Waals surface area (Å²) in [5, 5.41) is 5.71. The predicted molar refractivity (Wildman–Crippen MR) is 125 cm³/mol. The van der Waals surface area contributed by atoms with E-state index in [-0.39, 0.29) is 41.7 Å². The SMILES string of the molecule is CCN(CC)CCNC(=O)c1ccc(NC(=O)CCn2cnc3c(=O)[nH]cnc32)cc1.Cl. The summed E-state index contributed by atoms with van der Waals surface area (Å²) in [5.41, 5.74) is 1.51. The second-order valence-corrected chi connectivity index (χ2v) is 7.00. The van der Waals surface area contributed by atoms with Crippen LogP contribution in [0.2, 0.25) is 0 Å². The zero-order valence-electron chi connectivity index (χ0n) is 18.1. The first-order valence-electron chi connectivity index (χ1n) is 10.3. The molecule has 2 aromatic heterocycles. The van der Waals surface area contributed by atoms with Crippen LogP contribution in [-0.4, -0.2) is 62.4 Å². The van der Waals surface area contributed by atoms with Crippen LogP contribution in [0.4, 0.5) is 5.69 Å². The molecule has 0 saturated heterocycles. The fourth-order valence-electron chi connectivity index (χ4n) is 3.18. The van der Waals surface area contributed by atoms with Crippen molar-refractivity contribution < 1.29 is 9.59 Å². The number of aromatic nitrogens is 4. The Balaban J connectivity index is 0.00000363. The van der Waals surface area contributed by atoms with Gasteiger partial charge >= 0.3 is 0 Å². The number of aromatic amines is 1. The van der Waals surface area contributed by atoms with Gasteiger partial charge in [0.05, 0.1) is 12.7 Å². The molecule has 172 valence electrons. The Bertz CT molecular complexity index is 1090. The van der Waals surface area contributed by atoms with Crippen LogP contribution in [0.1, 0.15) is 30.6 Å². The lowest BCUT2D eigenvalue weighted by atomic mass is 10.2. The highest BCUT2D eigenvalue weighted by Crippen LogP contribution is 2.11. The van der Waals surface area contributed by atoms with E-state index in [0.717, 1.165) is 19.6 Å². The average Bonchev–Trinajstić information content (AvgIpc) is 3.20. The van der Waals surface area contributed by atoms with E-state index in [9.17, 15) is 14.4 Å². The van der Waals surface area contributed by atoms with Crippen LogP contribution in [-0.2, 0) is 11.3 Å². The highest BCUT2D eigenvalue weighted by Gasteiger charge is 2.10. The number of H-pyrrole nitrogens is 1. The Kier molecular flexibility index (Phi) is 9.36. The molecule has 0 aliphatic rings. The lowest BCUT2D eigenvalue weighted by Gasteiger charge is -2.18. The van der Waals surface area contributed by atoms with Gasteiger partial charge in [0, 0.05) is 37.3 Å². The molecule has 32 heavy (non-hydrogen) atoms. The van der Waals surface area contributed by atoms with E-state index < -0.39 is 0 Å². The van der Waals surface area contributed by atoms with Gasteiger partial charge in [-0.05, 0) is 37.4 Å². The molecule has 0 fully saturated rings. The molecular formula is C21H28ClN7O3. The quantitative estimate of drug-likeness (QED) is 0.421. The fourth-order valence-corrected chi connectivity index (χ4v) is 3.18. The largest absolute Gasteiger partial charge is 0.351 e. The maximum Gasteiger partial charge on any atom is 0.278 e. The maximum atomic E-state index is 12.3. The number of anilines is 1. The van der Waals surface area contributed by atoms with Crippen molar-refractivity contribution in [1.29, 1.82) is 0 Å². The summed E-state index contributed by atoms with van der Waals surface area (Å²) in [7, 11) is 0. The fraction of sp³-hybridized carbons (Fsp3) is 0.381. The monoisotopic (exact) mass is 461 g/mol. The molecule has 3 aromatic rings. The van der Waals surface area contributed by atoms with Gasteiger partial charge in [-0.3, -0.25) is 14.4 Å². The number of hydrogen-bond acceptors (Lipinski definition) is 6. The number of amides is 2. The van der Waals surface area contributed by atoms with Crippen molar-refractivity contribution in [3.63, 3.8) is 0 Å². The summed E-state index contributed by atoms with van der Waals surface area (Å²) >= 11 is 0. The lowest BCUT2D eigenvalue weighted by Crippen LogP contribution is -2.34. The molecule has 0 aliphatic carbocycles. The lowest BCUT2D eigenvalue weighted by molar-refractivity contribution is -0.116. The molecule has 0 unspecified atom stereocenters. The second-order valence-electron chi connectivity index (χ2n) is 7.00. The first-order chi connectivity index (χ1) is 15.0. The summed E-state index contributed by atoms with van der Waals surface area (Å²) in [6.45, 7) is 7.82. The van der Waals surface area contributed by atoms with E-state index in [1.807, 2.05) is 0 Å². The zero-order valence-corrected chi connectivity index (χ0v) is 18.9. The molecule has 0 atom stereocenters. The molecular weight excluding hydrogens is 434 g/mol. The van der Waals surface area contributed by atoms with Gasteiger partial charge < -0.3 is 25.1 Å². The standard InChI is InChI=1S/C21H27N7O3.ClH/c1-3-27(4-2)12-10-22-20(30)15-5-7-16(8-6-15)26-17(29)9-11-28-14-25-18-19(28)23-13-24-21(18)31;/h5-8,13-14H,3-4,9-12H2,1-2H3,(H,22,30)(H,26,29)(H,23,24,31);1H. The number of carbonyl (C=O) groups excluding carboxylic acids is 2. The average molecular weight is 462 g/mol. The minimum atomic E-state index is -0.314. The third-order valence-electron chi connectivity index (χ3n) is 5.03. The molecule has 2 heterocycles. The Labute approximate surface area is 191 Å². The summed E-state index contributed by atoms with van der Waals surface area (Å²) in [4.78, 5) is 49.0. The van der Waals surface area contributed by atoms with Crippen LogP contribution in [0, 0.1) is 0 Å². The number of aryl methyl sites for hydroxylation is 1. The Morgan fingerprint density at radius 1 is 1.12 bits per heavy atom. The molecule has 0 aliphatic heterocycles. The number of imidazole rings is 1. The van der Waals surface area contributed by atoms with Gasteiger partial charge in [-0.15, -0.1) is 12.4 Å². The molecule has 0 saturated carbocycles. The topological polar surface area (TPSA) is 125 Å². The Morgan fingerprint density at radius 3 is 2.53 bits per heavy atom. The maximum absolute atomic E-state index is 12.3. The van der Waals surface area contributed by atoms with Crippen LogP contribution in [0.15, 0.2) is 41.7 Å². The molecule has 3 N–H and O–H groups in total. The number of nitrogens with one attached hydrogen (secondary N) is 3.